The van der Waals surface area contributed by atoms with Gasteiger partial charge < -0.3 is 0 Å². The van der Waals surface area contributed by atoms with Gasteiger partial charge in [0.15, 0.2) is 0 Å². The molecule has 170 valence electrons. The number of aromatic amines is 1. The third-order valence-electron chi connectivity index (χ3n) is 5.53. The van der Waals surface area contributed by atoms with Crippen molar-refractivity contribution in [3.63, 3.8) is 0 Å². The van der Waals surface area contributed by atoms with Crippen molar-refractivity contribution in [2.24, 2.45) is 0 Å². The van der Waals surface area contributed by atoms with Crippen LogP contribution in [0, 0.1) is 0 Å². The SMILES string of the molecule is CCCc1nc(C(=O)Cc2ccsc2)nn1Cc1ccc(-c2ccccc2-c2nn[nH]n2)cc1. The van der Waals surface area contributed by atoms with E-state index in [1.807, 2.05) is 45.8 Å². The van der Waals surface area contributed by atoms with Crippen molar-refractivity contribution in [3.8, 4) is 22.5 Å². The van der Waals surface area contributed by atoms with Crippen LogP contribution in [0.2, 0.25) is 0 Å². The van der Waals surface area contributed by atoms with Crippen LogP contribution in [0.25, 0.3) is 22.5 Å². The molecule has 5 rings (SSSR count). The van der Waals surface area contributed by atoms with E-state index in [4.69, 9.17) is 0 Å². The van der Waals surface area contributed by atoms with Crippen LogP contribution in [-0.4, -0.2) is 41.2 Å². The van der Waals surface area contributed by atoms with Crippen molar-refractivity contribution in [1.82, 2.24) is 35.4 Å². The molecular formula is C25H23N7OS. The highest BCUT2D eigenvalue weighted by molar-refractivity contribution is 7.08. The maximum Gasteiger partial charge on any atom is 0.217 e. The summed E-state index contributed by atoms with van der Waals surface area (Å²) in [7, 11) is 0. The van der Waals surface area contributed by atoms with Crippen LogP contribution in [0.5, 0.6) is 0 Å². The second-order valence-electron chi connectivity index (χ2n) is 7.97. The Hall–Kier alpha value is -3.98. The lowest BCUT2D eigenvalue weighted by Gasteiger charge is -2.09. The van der Waals surface area contributed by atoms with Crippen LogP contribution in [0.4, 0.5) is 0 Å². The van der Waals surface area contributed by atoms with Gasteiger partial charge in [0, 0.05) is 18.4 Å². The smallest absolute Gasteiger partial charge is 0.217 e. The van der Waals surface area contributed by atoms with E-state index in [1.54, 1.807) is 11.3 Å². The Morgan fingerprint density at radius 1 is 1.03 bits per heavy atom. The van der Waals surface area contributed by atoms with Crippen LogP contribution >= 0.6 is 11.3 Å². The van der Waals surface area contributed by atoms with E-state index in [9.17, 15) is 4.79 Å². The van der Waals surface area contributed by atoms with Crippen molar-refractivity contribution in [2.45, 2.75) is 32.7 Å². The van der Waals surface area contributed by atoms with Gasteiger partial charge in [0.1, 0.15) is 5.82 Å². The van der Waals surface area contributed by atoms with Gasteiger partial charge in [0.2, 0.25) is 17.4 Å². The summed E-state index contributed by atoms with van der Waals surface area (Å²) in [6.07, 6.45) is 2.03. The molecule has 0 amide bonds. The van der Waals surface area contributed by atoms with Gasteiger partial charge in [-0.05, 0) is 50.7 Å². The Kier molecular flexibility index (Phi) is 6.35. The number of rotatable bonds is 9. The minimum atomic E-state index is -0.0528. The van der Waals surface area contributed by atoms with E-state index >= 15 is 0 Å². The number of H-pyrrole nitrogens is 1. The second kappa shape index (κ2) is 9.88. The first-order valence-electron chi connectivity index (χ1n) is 11.1. The molecule has 0 bridgehead atoms. The molecule has 0 aliphatic heterocycles. The van der Waals surface area contributed by atoms with Crippen molar-refractivity contribution in [1.29, 1.82) is 0 Å². The Morgan fingerprint density at radius 3 is 2.56 bits per heavy atom. The maximum atomic E-state index is 12.7. The highest BCUT2D eigenvalue weighted by Crippen LogP contribution is 2.29. The number of nitrogens with one attached hydrogen (secondary N) is 1. The number of tetrazole rings is 1. The normalized spacial score (nSPS) is 11.1. The highest BCUT2D eigenvalue weighted by Gasteiger charge is 2.17. The van der Waals surface area contributed by atoms with E-state index in [0.717, 1.165) is 46.5 Å². The summed E-state index contributed by atoms with van der Waals surface area (Å²) in [5.74, 6) is 1.64. The molecule has 0 unspecified atom stereocenters. The second-order valence-corrected chi connectivity index (χ2v) is 8.75. The Labute approximate surface area is 200 Å². The number of benzene rings is 2. The molecule has 9 heteroatoms. The highest BCUT2D eigenvalue weighted by atomic mass is 32.1. The lowest BCUT2D eigenvalue weighted by atomic mass is 9.98. The first-order chi connectivity index (χ1) is 16.7. The zero-order valence-corrected chi connectivity index (χ0v) is 19.5. The maximum absolute atomic E-state index is 12.7. The van der Waals surface area contributed by atoms with Gasteiger partial charge in [-0.15, -0.1) is 15.3 Å². The summed E-state index contributed by atoms with van der Waals surface area (Å²) < 4.78 is 1.85. The van der Waals surface area contributed by atoms with E-state index in [2.05, 4.69) is 61.9 Å². The van der Waals surface area contributed by atoms with Crippen LogP contribution in [-0.2, 0) is 19.4 Å². The number of hydrogen-bond donors (Lipinski definition) is 1. The number of carbonyl (C=O) groups is 1. The van der Waals surface area contributed by atoms with Crippen molar-refractivity contribution in [3.05, 3.63) is 88.1 Å². The zero-order valence-electron chi connectivity index (χ0n) is 18.7. The quantitative estimate of drug-likeness (QED) is 0.316. The average Bonchev–Trinajstić information content (AvgIpc) is 3.63. The Morgan fingerprint density at radius 2 is 1.85 bits per heavy atom. The molecule has 1 N–H and O–H groups in total. The molecule has 0 radical (unpaired) electrons. The van der Waals surface area contributed by atoms with E-state index in [0.29, 0.717) is 24.6 Å². The van der Waals surface area contributed by atoms with Crippen LogP contribution in [0.1, 0.15) is 40.9 Å². The molecule has 3 aromatic heterocycles. The molecule has 0 fully saturated rings. The molecule has 0 saturated heterocycles. The van der Waals surface area contributed by atoms with Crippen molar-refractivity contribution >= 4 is 17.1 Å². The van der Waals surface area contributed by atoms with Crippen molar-refractivity contribution in [2.75, 3.05) is 0 Å². The molecule has 0 spiro atoms. The fourth-order valence-corrected chi connectivity index (χ4v) is 4.52. The third-order valence-corrected chi connectivity index (χ3v) is 6.26. The van der Waals surface area contributed by atoms with E-state index < -0.39 is 0 Å². The molecular weight excluding hydrogens is 446 g/mol. The number of thiophene rings is 1. The van der Waals surface area contributed by atoms with Gasteiger partial charge in [-0.1, -0.05) is 55.5 Å². The minimum absolute atomic E-state index is 0.0528. The summed E-state index contributed by atoms with van der Waals surface area (Å²) >= 11 is 1.58. The summed E-state index contributed by atoms with van der Waals surface area (Å²) in [6, 6.07) is 18.2. The number of aromatic nitrogens is 7. The largest absolute Gasteiger partial charge is 0.290 e. The number of nitrogens with zero attached hydrogens (tertiary/aromatic N) is 6. The summed E-state index contributed by atoms with van der Waals surface area (Å²) in [5.41, 5.74) is 5.09. The number of ketones is 1. The fraction of sp³-hybridized carbons (Fsp3) is 0.200. The lowest BCUT2D eigenvalue weighted by molar-refractivity contribution is 0.0983. The Balaban J connectivity index is 1.37. The van der Waals surface area contributed by atoms with Gasteiger partial charge in [-0.2, -0.15) is 16.6 Å². The predicted molar refractivity (Wildman–Crippen MR) is 131 cm³/mol. The molecule has 3 heterocycles. The molecule has 0 aliphatic carbocycles. The first kappa shape index (κ1) is 21.8. The summed E-state index contributed by atoms with van der Waals surface area (Å²) in [4.78, 5) is 17.3. The van der Waals surface area contributed by atoms with E-state index in [1.165, 1.54) is 0 Å². The molecule has 2 aromatic carbocycles. The van der Waals surface area contributed by atoms with Gasteiger partial charge in [-0.25, -0.2) is 9.67 Å². The number of Topliss-reactive ketones (excluding diaryl/α,β-unsaturated/α-hetero) is 1. The van der Waals surface area contributed by atoms with Gasteiger partial charge >= 0.3 is 0 Å². The predicted octanol–water partition coefficient (Wildman–Crippen LogP) is 4.61. The van der Waals surface area contributed by atoms with Crippen LogP contribution < -0.4 is 0 Å². The van der Waals surface area contributed by atoms with Crippen LogP contribution in [0.15, 0.2) is 65.4 Å². The minimum Gasteiger partial charge on any atom is -0.290 e. The number of aryl methyl sites for hydroxylation is 1. The molecule has 34 heavy (non-hydrogen) atoms. The van der Waals surface area contributed by atoms with Gasteiger partial charge in [0.25, 0.3) is 0 Å². The molecule has 0 atom stereocenters. The lowest BCUT2D eigenvalue weighted by Crippen LogP contribution is -2.08. The average molecular weight is 470 g/mol. The summed E-state index contributed by atoms with van der Waals surface area (Å²) in [5, 5.41) is 23.0. The molecule has 5 aromatic rings. The standard InChI is InChI=1S/C25H23N7OS/c1-2-5-23-26-25(22(33)14-18-12-13-34-16-18)29-32(23)15-17-8-10-19(11-9-17)20-6-3-4-7-21(20)24-27-30-31-28-24/h3-4,6-13,16H,2,5,14-15H2,1H3,(H,27,28,30,31). The monoisotopic (exact) mass is 469 g/mol. The van der Waals surface area contributed by atoms with E-state index in [-0.39, 0.29) is 5.78 Å². The number of carbonyl (C=O) groups excluding carboxylic acids is 1. The number of hydrogen-bond acceptors (Lipinski definition) is 7. The van der Waals surface area contributed by atoms with Crippen LogP contribution in [0.3, 0.4) is 0 Å². The molecule has 0 saturated carbocycles. The topological polar surface area (TPSA) is 102 Å². The zero-order chi connectivity index (χ0) is 23.3. The van der Waals surface area contributed by atoms with Gasteiger partial charge in [-0.3, -0.25) is 4.79 Å². The summed E-state index contributed by atoms with van der Waals surface area (Å²) in [6.45, 7) is 2.66. The Bertz CT molecular complexity index is 1370. The first-order valence-corrected chi connectivity index (χ1v) is 12.1. The third kappa shape index (κ3) is 4.69. The fourth-order valence-electron chi connectivity index (χ4n) is 3.85. The molecule has 0 aliphatic rings. The van der Waals surface area contributed by atoms with Crippen molar-refractivity contribution < 1.29 is 4.79 Å². The molecule has 8 nitrogen and oxygen atoms in total. The van der Waals surface area contributed by atoms with Gasteiger partial charge in [0.05, 0.1) is 6.54 Å².